The van der Waals surface area contributed by atoms with Crippen molar-refractivity contribution in [1.82, 2.24) is 15.2 Å². The second-order valence-electron chi connectivity index (χ2n) is 16.4. The number of benzene rings is 1. The van der Waals surface area contributed by atoms with Crippen LogP contribution in [0, 0.1) is 29.6 Å². The Labute approximate surface area is 328 Å². The van der Waals surface area contributed by atoms with Crippen LogP contribution in [0.1, 0.15) is 80.2 Å². The van der Waals surface area contributed by atoms with Crippen molar-refractivity contribution >= 4 is 34.5 Å². The molecule has 3 aliphatic heterocycles. The van der Waals surface area contributed by atoms with Gasteiger partial charge in [0.25, 0.3) is 5.67 Å². The van der Waals surface area contributed by atoms with E-state index in [1.807, 2.05) is 56.3 Å². The molecule has 13 atom stereocenters. The molecule has 0 radical (unpaired) electrons. The number of aliphatic hydroxyl groups excluding tert-OH is 1. The third-order valence-corrected chi connectivity index (χ3v) is 11.8. The maximum atomic E-state index is 16.9. The number of nitrogens with zero attached hydrogens (tertiary/aromatic N) is 2. The molecule has 0 saturated carbocycles. The van der Waals surface area contributed by atoms with Gasteiger partial charge in [0.1, 0.15) is 24.6 Å². The lowest BCUT2D eigenvalue weighted by Gasteiger charge is -2.47. The number of likely N-dealkylation sites (N-methyl/N-ethyl adjacent to an activating group) is 1. The van der Waals surface area contributed by atoms with Crippen molar-refractivity contribution in [2.75, 3.05) is 20.7 Å². The normalized spacial score (nSPS) is 38.5. The minimum Gasteiger partial charge on any atom is -0.455 e. The number of amides is 1. The maximum absolute atomic E-state index is 16.9. The van der Waals surface area contributed by atoms with Gasteiger partial charge >= 0.3 is 12.1 Å². The minimum absolute atomic E-state index is 0.0734. The number of rotatable bonds is 6. The summed E-state index contributed by atoms with van der Waals surface area (Å²) in [6.07, 6.45) is -4.18. The number of esters is 1. The predicted octanol–water partition coefficient (Wildman–Crippen LogP) is 4.54. The highest BCUT2D eigenvalue weighted by Gasteiger charge is 2.59. The summed E-state index contributed by atoms with van der Waals surface area (Å²) in [5, 5.41) is 15.1. The number of cyclic esters (lactones) is 1. The number of hydrogen-bond acceptors (Lipinski definition) is 12. The Morgan fingerprint density at radius 1 is 1.07 bits per heavy atom. The van der Waals surface area contributed by atoms with Gasteiger partial charge in [0.15, 0.2) is 17.7 Å². The lowest BCUT2D eigenvalue weighted by atomic mass is 9.73. The fourth-order valence-corrected chi connectivity index (χ4v) is 8.61. The van der Waals surface area contributed by atoms with Crippen LogP contribution in [0.5, 0.6) is 0 Å². The number of pyridine rings is 1. The van der Waals surface area contributed by atoms with E-state index in [0.29, 0.717) is 12.0 Å². The Bertz CT molecular complexity index is 1860. The minimum atomic E-state index is -3.21. The van der Waals surface area contributed by atoms with E-state index in [1.165, 1.54) is 13.8 Å². The van der Waals surface area contributed by atoms with Gasteiger partial charge in [0.05, 0.1) is 29.4 Å². The average molecular weight is 782 g/mol. The van der Waals surface area contributed by atoms with Crippen molar-refractivity contribution in [2.45, 2.75) is 134 Å². The molecule has 3 fully saturated rings. The Hall–Kier alpha value is -4.00. The van der Waals surface area contributed by atoms with E-state index in [9.17, 15) is 24.3 Å². The third-order valence-electron chi connectivity index (χ3n) is 11.8. The number of fused-ring (bicyclic) bond motifs is 2. The van der Waals surface area contributed by atoms with Gasteiger partial charge in [-0.2, -0.15) is 0 Å². The molecule has 3 aliphatic rings. The molecule has 4 heterocycles. The van der Waals surface area contributed by atoms with E-state index < -0.39 is 89.2 Å². The zero-order chi connectivity index (χ0) is 41.3. The number of nitrogens with one attached hydrogen (secondary N) is 1. The molecule has 2 aromatic rings. The fourth-order valence-electron chi connectivity index (χ4n) is 8.61. The number of aromatic nitrogens is 1. The lowest BCUT2D eigenvalue weighted by Crippen LogP contribution is -2.61. The van der Waals surface area contributed by atoms with Crippen LogP contribution in [-0.4, -0.2) is 119 Å². The van der Waals surface area contributed by atoms with Crippen molar-refractivity contribution in [1.29, 1.82) is 0 Å². The summed E-state index contributed by atoms with van der Waals surface area (Å²) in [7, 11) is 3.63. The van der Waals surface area contributed by atoms with Crippen molar-refractivity contribution in [3.63, 3.8) is 0 Å². The van der Waals surface area contributed by atoms with Gasteiger partial charge in [-0.3, -0.25) is 14.6 Å². The van der Waals surface area contributed by atoms with Crippen LogP contribution in [0.3, 0.4) is 0 Å². The van der Waals surface area contributed by atoms with Crippen molar-refractivity contribution < 1.29 is 52.4 Å². The quantitative estimate of drug-likeness (QED) is 0.240. The second-order valence-corrected chi connectivity index (χ2v) is 16.4. The van der Waals surface area contributed by atoms with Gasteiger partial charge in [-0.05, 0) is 73.2 Å². The van der Waals surface area contributed by atoms with Gasteiger partial charge in [-0.15, -0.1) is 0 Å². The number of hydrogen-bond donors (Lipinski definition) is 2. The molecule has 1 aromatic heterocycles. The van der Waals surface area contributed by atoms with Crippen LogP contribution in [0.25, 0.3) is 10.9 Å². The van der Waals surface area contributed by atoms with Gasteiger partial charge in [0, 0.05) is 40.9 Å². The zero-order valence-corrected chi connectivity index (χ0v) is 34.0. The molecular formula is C42H56FN3O10. The predicted molar refractivity (Wildman–Crippen MR) is 204 cm³/mol. The lowest BCUT2D eigenvalue weighted by molar-refractivity contribution is -0.296. The second kappa shape index (κ2) is 16.8. The highest BCUT2D eigenvalue weighted by atomic mass is 19.1. The smallest absolute Gasteiger partial charge is 0.408 e. The van der Waals surface area contributed by atoms with E-state index in [2.05, 4.69) is 22.1 Å². The third kappa shape index (κ3) is 8.62. The van der Waals surface area contributed by atoms with Crippen molar-refractivity contribution in [3.05, 3.63) is 42.1 Å². The summed E-state index contributed by atoms with van der Waals surface area (Å²) < 4.78 is 47.4. The van der Waals surface area contributed by atoms with Crippen molar-refractivity contribution in [2.24, 2.45) is 17.8 Å². The standard InChI is InChI=1S/C42H56FN3O10/c1-11-31-42(8)34(45-39(51)56-42)25(4)32(47)23(2)21-40(6,52-18-14-15-27-20-28-16-12-13-17-29(28)44-22-27)36(26(5)35(49)41(7,43)38(50)54-31)55-37-33(48)30(46(9)10)19-24(3)53-37/h12-13,16-17,20,22-26,30-31,33-34,36-37,48H,11,18-19,21H2,1-10H3,(H,45,51)/t23-,24-,25+,26+,30+,31-,33-,34-,36-,37+,40-,41?,42-/m1/s1. The first-order chi connectivity index (χ1) is 26.2. The van der Waals surface area contributed by atoms with Gasteiger partial charge in [-0.1, -0.05) is 57.7 Å². The van der Waals surface area contributed by atoms with Crippen LogP contribution >= 0.6 is 0 Å². The van der Waals surface area contributed by atoms with E-state index in [-0.39, 0.29) is 31.3 Å². The number of aliphatic hydroxyl groups is 1. The average Bonchev–Trinajstić information content (AvgIpc) is 3.47. The molecule has 1 aromatic carbocycles. The maximum Gasteiger partial charge on any atom is 0.408 e. The molecule has 306 valence electrons. The molecule has 1 unspecified atom stereocenters. The van der Waals surface area contributed by atoms with E-state index in [1.54, 1.807) is 33.9 Å². The summed E-state index contributed by atoms with van der Waals surface area (Å²) in [6, 6.07) is 8.13. The number of para-hydroxylation sites is 1. The van der Waals surface area contributed by atoms with Gasteiger partial charge in [-0.25, -0.2) is 14.0 Å². The molecule has 5 rings (SSSR count). The Morgan fingerprint density at radius 3 is 2.45 bits per heavy atom. The molecule has 1 amide bonds. The van der Waals surface area contributed by atoms with Gasteiger partial charge in [0.2, 0.25) is 0 Å². The number of Topliss-reactive ketones (excluding diaryl/α,β-unsaturated/α-hetero) is 2. The molecule has 13 nitrogen and oxygen atoms in total. The zero-order valence-electron chi connectivity index (χ0n) is 34.0. The number of alkyl halides is 1. The first-order valence-corrected chi connectivity index (χ1v) is 19.3. The Morgan fingerprint density at radius 2 is 1.77 bits per heavy atom. The molecular weight excluding hydrogens is 725 g/mol. The number of alkyl carbamates (subject to hydrolysis) is 1. The number of ketones is 2. The van der Waals surface area contributed by atoms with Crippen LogP contribution in [0.15, 0.2) is 36.5 Å². The first kappa shape index (κ1) is 43.1. The molecule has 56 heavy (non-hydrogen) atoms. The fraction of sp³-hybridized carbons (Fsp3) is 0.643. The van der Waals surface area contributed by atoms with E-state index >= 15 is 4.39 Å². The largest absolute Gasteiger partial charge is 0.455 e. The van der Waals surface area contributed by atoms with Crippen LogP contribution in [0.4, 0.5) is 9.18 Å². The molecule has 0 aliphatic carbocycles. The van der Waals surface area contributed by atoms with E-state index in [0.717, 1.165) is 17.8 Å². The molecule has 3 saturated heterocycles. The molecule has 14 heteroatoms. The monoisotopic (exact) mass is 781 g/mol. The number of halogens is 1. The first-order valence-electron chi connectivity index (χ1n) is 19.3. The number of carbonyl (C=O) groups is 4. The van der Waals surface area contributed by atoms with E-state index in [4.69, 9.17) is 23.7 Å². The molecule has 0 bridgehead atoms. The number of ether oxygens (including phenoxy) is 5. The van der Waals surface area contributed by atoms with Crippen LogP contribution in [0.2, 0.25) is 0 Å². The molecule has 2 N–H and O–H groups in total. The summed E-state index contributed by atoms with van der Waals surface area (Å²) in [4.78, 5) is 61.5. The summed E-state index contributed by atoms with van der Waals surface area (Å²) in [5.41, 5.74) is -4.93. The summed E-state index contributed by atoms with van der Waals surface area (Å²) in [6.45, 7) is 12.0. The Balaban J connectivity index is 1.59. The Kier molecular flexibility index (Phi) is 13.0. The topological polar surface area (TPSA) is 163 Å². The van der Waals surface area contributed by atoms with Crippen LogP contribution < -0.4 is 5.32 Å². The highest BCUT2D eigenvalue weighted by Crippen LogP contribution is 2.41. The summed E-state index contributed by atoms with van der Waals surface area (Å²) in [5.74, 6) is 0.0167. The van der Waals surface area contributed by atoms with Gasteiger partial charge < -0.3 is 39.0 Å². The summed E-state index contributed by atoms with van der Waals surface area (Å²) >= 11 is 0. The SMILES string of the molecule is CC[C@H]1OC(=O)C(C)(F)C(=O)[C@H](C)[C@@H](O[C@@H]2O[C@H](C)C[C@H](N(C)C)[C@H]2O)[C@](C)(OCC#Cc2cnc3ccccc3c2)C[C@@H](C)C(=O)[C@H](C)[C@H]2NC(=O)O[C@@]21C. The highest BCUT2D eigenvalue weighted by molar-refractivity contribution is 6.08. The van der Waals surface area contributed by atoms with Crippen molar-refractivity contribution in [3.8, 4) is 11.8 Å². The van der Waals surface area contributed by atoms with Crippen LogP contribution in [-0.2, 0) is 38.1 Å². The number of carbonyl (C=O) groups excluding carboxylic acids is 4. The molecule has 0 spiro atoms.